The Bertz CT molecular complexity index is 162. The number of hydrogen-bond donors (Lipinski definition) is 1. The van der Waals surface area contributed by atoms with Gasteiger partial charge in [0.15, 0.2) is 0 Å². The average molecular weight is 169 g/mol. The molecule has 72 valence electrons. The van der Waals surface area contributed by atoms with Crippen molar-refractivity contribution >= 4 is 0 Å². The van der Waals surface area contributed by atoms with Gasteiger partial charge in [-0.1, -0.05) is 27.2 Å². The van der Waals surface area contributed by atoms with Crippen molar-refractivity contribution in [2.45, 2.75) is 58.9 Å². The van der Waals surface area contributed by atoms with Crippen LogP contribution in [0.5, 0.6) is 0 Å². The summed E-state index contributed by atoms with van der Waals surface area (Å²) >= 11 is 0. The van der Waals surface area contributed by atoms with Crippen molar-refractivity contribution < 1.29 is 0 Å². The van der Waals surface area contributed by atoms with E-state index < -0.39 is 0 Å². The van der Waals surface area contributed by atoms with E-state index >= 15 is 0 Å². The van der Waals surface area contributed by atoms with Gasteiger partial charge in [-0.05, 0) is 37.5 Å². The van der Waals surface area contributed by atoms with Gasteiger partial charge in [-0.15, -0.1) is 0 Å². The van der Waals surface area contributed by atoms with Gasteiger partial charge in [0, 0.05) is 5.54 Å². The molecule has 0 aliphatic heterocycles. The first-order valence-corrected chi connectivity index (χ1v) is 5.16. The summed E-state index contributed by atoms with van der Waals surface area (Å²) in [6.07, 6.45) is 5.02. The first kappa shape index (κ1) is 10.0. The third-order valence-electron chi connectivity index (χ3n) is 3.34. The fourth-order valence-electron chi connectivity index (χ4n) is 3.10. The minimum absolute atomic E-state index is 0.0857. The third-order valence-corrected chi connectivity index (χ3v) is 3.34. The highest BCUT2D eigenvalue weighted by Crippen LogP contribution is 2.44. The predicted octanol–water partition coefficient (Wildman–Crippen LogP) is 2.94. The van der Waals surface area contributed by atoms with Crippen molar-refractivity contribution in [3.05, 3.63) is 0 Å². The fourth-order valence-corrected chi connectivity index (χ4v) is 3.10. The van der Waals surface area contributed by atoms with Crippen molar-refractivity contribution in [3.63, 3.8) is 0 Å². The molecule has 0 spiro atoms. The van der Waals surface area contributed by atoms with Crippen LogP contribution in [-0.2, 0) is 0 Å². The molecule has 1 aliphatic rings. The molecule has 0 bridgehead atoms. The molecule has 1 aliphatic carbocycles. The first-order valence-electron chi connectivity index (χ1n) is 5.16. The molecular formula is C11H23N. The Kier molecular flexibility index (Phi) is 2.53. The summed E-state index contributed by atoms with van der Waals surface area (Å²) in [6.45, 7) is 9.20. The molecule has 1 saturated carbocycles. The SMILES string of the molecule is CC[C@@]1(C)CC(C)C[C@@](C)(N)C1. The average Bonchev–Trinajstić information content (AvgIpc) is 1.82. The third kappa shape index (κ3) is 2.22. The highest BCUT2D eigenvalue weighted by molar-refractivity contribution is 4.94. The molecule has 3 atom stereocenters. The topological polar surface area (TPSA) is 26.0 Å². The highest BCUT2D eigenvalue weighted by Gasteiger charge is 2.38. The van der Waals surface area contributed by atoms with Crippen LogP contribution in [0.4, 0.5) is 0 Å². The van der Waals surface area contributed by atoms with Gasteiger partial charge in [-0.25, -0.2) is 0 Å². The second-order valence-corrected chi connectivity index (χ2v) is 5.51. The zero-order valence-electron chi connectivity index (χ0n) is 8.98. The molecule has 0 aromatic carbocycles. The second kappa shape index (κ2) is 3.02. The summed E-state index contributed by atoms with van der Waals surface area (Å²) in [7, 11) is 0. The Balaban J connectivity index is 2.70. The van der Waals surface area contributed by atoms with Gasteiger partial charge in [0.25, 0.3) is 0 Å². The first-order chi connectivity index (χ1) is 5.37. The molecular weight excluding hydrogens is 146 g/mol. The minimum atomic E-state index is 0.0857. The molecule has 0 radical (unpaired) electrons. The van der Waals surface area contributed by atoms with Crippen LogP contribution in [0.3, 0.4) is 0 Å². The highest BCUT2D eigenvalue weighted by atomic mass is 14.7. The van der Waals surface area contributed by atoms with Crippen LogP contribution in [0.1, 0.15) is 53.4 Å². The van der Waals surface area contributed by atoms with E-state index in [1.807, 2.05) is 0 Å². The lowest BCUT2D eigenvalue weighted by Crippen LogP contribution is -2.47. The molecule has 1 heteroatoms. The molecule has 0 saturated heterocycles. The van der Waals surface area contributed by atoms with E-state index in [1.165, 1.54) is 25.7 Å². The van der Waals surface area contributed by atoms with E-state index in [0.717, 1.165) is 5.92 Å². The standard InChI is InChI=1S/C11H23N/c1-5-10(3)6-9(2)7-11(4,12)8-10/h9H,5-8,12H2,1-4H3/t9?,10-,11+/m0/s1. The molecule has 0 amide bonds. The van der Waals surface area contributed by atoms with Crippen LogP contribution < -0.4 is 5.73 Å². The van der Waals surface area contributed by atoms with Crippen molar-refractivity contribution in [3.8, 4) is 0 Å². The monoisotopic (exact) mass is 169 g/mol. The molecule has 1 nitrogen and oxygen atoms in total. The Hall–Kier alpha value is -0.0400. The lowest BCUT2D eigenvalue weighted by Gasteiger charge is -2.45. The van der Waals surface area contributed by atoms with E-state index in [1.54, 1.807) is 0 Å². The van der Waals surface area contributed by atoms with Crippen molar-refractivity contribution in [1.82, 2.24) is 0 Å². The van der Waals surface area contributed by atoms with Crippen molar-refractivity contribution in [2.24, 2.45) is 17.1 Å². The van der Waals surface area contributed by atoms with Crippen LogP contribution >= 0.6 is 0 Å². The largest absolute Gasteiger partial charge is 0.325 e. The zero-order chi connectivity index (χ0) is 9.41. The van der Waals surface area contributed by atoms with Crippen LogP contribution in [0.2, 0.25) is 0 Å². The van der Waals surface area contributed by atoms with Crippen molar-refractivity contribution in [1.29, 1.82) is 0 Å². The Labute approximate surface area is 76.7 Å². The Morgan fingerprint density at radius 1 is 1.33 bits per heavy atom. The van der Waals surface area contributed by atoms with Gasteiger partial charge >= 0.3 is 0 Å². The summed E-state index contributed by atoms with van der Waals surface area (Å²) in [6, 6.07) is 0. The Morgan fingerprint density at radius 3 is 2.33 bits per heavy atom. The van der Waals surface area contributed by atoms with Gasteiger partial charge in [0.2, 0.25) is 0 Å². The molecule has 1 rings (SSSR count). The predicted molar refractivity (Wildman–Crippen MR) is 54.0 cm³/mol. The quantitative estimate of drug-likeness (QED) is 0.641. The summed E-state index contributed by atoms with van der Waals surface area (Å²) in [5, 5.41) is 0. The lowest BCUT2D eigenvalue weighted by atomic mass is 9.63. The zero-order valence-corrected chi connectivity index (χ0v) is 8.98. The van der Waals surface area contributed by atoms with E-state index in [2.05, 4.69) is 27.7 Å². The maximum absolute atomic E-state index is 6.22. The summed E-state index contributed by atoms with van der Waals surface area (Å²) in [5.74, 6) is 0.804. The summed E-state index contributed by atoms with van der Waals surface area (Å²) < 4.78 is 0. The van der Waals surface area contributed by atoms with E-state index in [-0.39, 0.29) is 5.54 Å². The maximum atomic E-state index is 6.22. The van der Waals surface area contributed by atoms with E-state index in [4.69, 9.17) is 5.73 Å². The molecule has 12 heavy (non-hydrogen) atoms. The molecule has 1 fully saturated rings. The maximum Gasteiger partial charge on any atom is 0.0133 e. The lowest BCUT2D eigenvalue weighted by molar-refractivity contribution is 0.0983. The van der Waals surface area contributed by atoms with Gasteiger partial charge in [0.1, 0.15) is 0 Å². The molecule has 0 heterocycles. The Morgan fingerprint density at radius 2 is 1.92 bits per heavy atom. The molecule has 0 aromatic heterocycles. The van der Waals surface area contributed by atoms with Crippen LogP contribution in [0.25, 0.3) is 0 Å². The summed E-state index contributed by atoms with van der Waals surface area (Å²) in [5.41, 5.74) is 6.81. The number of rotatable bonds is 1. The normalized spacial score (nSPS) is 49.2. The van der Waals surface area contributed by atoms with Gasteiger partial charge in [-0.3, -0.25) is 0 Å². The van der Waals surface area contributed by atoms with Gasteiger partial charge < -0.3 is 5.73 Å². The van der Waals surface area contributed by atoms with E-state index in [0.29, 0.717) is 5.41 Å². The van der Waals surface area contributed by atoms with Crippen LogP contribution in [-0.4, -0.2) is 5.54 Å². The molecule has 1 unspecified atom stereocenters. The summed E-state index contributed by atoms with van der Waals surface area (Å²) in [4.78, 5) is 0. The van der Waals surface area contributed by atoms with Crippen molar-refractivity contribution in [2.75, 3.05) is 0 Å². The van der Waals surface area contributed by atoms with E-state index in [9.17, 15) is 0 Å². The minimum Gasteiger partial charge on any atom is -0.325 e. The molecule has 0 aromatic rings. The second-order valence-electron chi connectivity index (χ2n) is 5.51. The smallest absolute Gasteiger partial charge is 0.0133 e. The number of nitrogens with two attached hydrogens (primary N) is 1. The van der Waals surface area contributed by atoms with Crippen LogP contribution in [0, 0.1) is 11.3 Å². The fraction of sp³-hybridized carbons (Fsp3) is 1.00. The van der Waals surface area contributed by atoms with Gasteiger partial charge in [0.05, 0.1) is 0 Å². The molecule has 2 N–H and O–H groups in total. The number of hydrogen-bond acceptors (Lipinski definition) is 1. The van der Waals surface area contributed by atoms with Crippen LogP contribution in [0.15, 0.2) is 0 Å². The van der Waals surface area contributed by atoms with Gasteiger partial charge in [-0.2, -0.15) is 0 Å².